The summed E-state index contributed by atoms with van der Waals surface area (Å²) in [4.78, 5) is 12.8. The molecule has 4 heteroatoms. The van der Waals surface area contributed by atoms with Gasteiger partial charge in [0.05, 0.1) is 0 Å². The first-order valence-electron chi connectivity index (χ1n) is 6.96. The Morgan fingerprint density at radius 3 is 2.10 bits per heavy atom. The fourth-order valence-electron chi connectivity index (χ4n) is 3.46. The summed E-state index contributed by atoms with van der Waals surface area (Å²) in [6.07, 6.45) is 0. The van der Waals surface area contributed by atoms with Crippen molar-refractivity contribution < 1.29 is 4.79 Å². The van der Waals surface area contributed by atoms with Crippen molar-refractivity contribution >= 4 is 59.1 Å². The van der Waals surface area contributed by atoms with Gasteiger partial charge in [0.25, 0.3) is 0 Å². The van der Waals surface area contributed by atoms with Crippen LogP contribution >= 0.6 is 15.9 Å². The molecule has 0 heterocycles. The van der Waals surface area contributed by atoms with E-state index in [1.54, 1.807) is 0 Å². The van der Waals surface area contributed by atoms with Crippen LogP contribution in [0, 0.1) is 0 Å². The second-order valence-corrected chi connectivity index (χ2v) is 6.48. The molecule has 0 spiro atoms. The van der Waals surface area contributed by atoms with E-state index in [9.17, 15) is 4.79 Å². The number of rotatable bonds is 0. The predicted molar refractivity (Wildman–Crippen MR) is 96.9 cm³/mol. The fourth-order valence-corrected chi connectivity index (χ4v) is 3.82. The van der Waals surface area contributed by atoms with Crippen molar-refractivity contribution in [2.75, 3.05) is 0 Å². The molecule has 21 heavy (non-hydrogen) atoms. The third-order valence-electron chi connectivity index (χ3n) is 4.46. The van der Waals surface area contributed by atoms with Crippen molar-refractivity contribution in [3.8, 4) is 11.1 Å². The smallest absolute Gasteiger partial charge is 0.193 e. The highest BCUT2D eigenvalue weighted by Gasteiger charge is 2.30. The predicted octanol–water partition coefficient (Wildman–Crippen LogP) is 1.33. The van der Waals surface area contributed by atoms with E-state index < -0.39 is 0 Å². The van der Waals surface area contributed by atoms with Crippen molar-refractivity contribution in [2.24, 2.45) is 0 Å². The van der Waals surface area contributed by atoms with Gasteiger partial charge in [0.2, 0.25) is 0 Å². The van der Waals surface area contributed by atoms with Crippen molar-refractivity contribution in [2.45, 2.75) is 0 Å². The maximum absolute atomic E-state index is 12.8. The molecule has 0 unspecified atom stereocenters. The van der Waals surface area contributed by atoms with Gasteiger partial charge < -0.3 is 0 Å². The van der Waals surface area contributed by atoms with Crippen LogP contribution in [0.25, 0.3) is 21.9 Å². The number of halogens is 1. The molecule has 1 nitrogen and oxygen atoms in total. The minimum absolute atomic E-state index is 0.152. The first kappa shape index (κ1) is 12.9. The van der Waals surface area contributed by atoms with E-state index in [4.69, 9.17) is 0 Å². The van der Waals surface area contributed by atoms with E-state index in [1.165, 1.54) is 16.2 Å². The Morgan fingerprint density at radius 1 is 0.810 bits per heavy atom. The second-order valence-electron chi connectivity index (χ2n) is 5.56. The topological polar surface area (TPSA) is 17.1 Å². The van der Waals surface area contributed by atoms with Crippen LogP contribution in [0.4, 0.5) is 0 Å². The van der Waals surface area contributed by atoms with Crippen LogP contribution in [0.15, 0.2) is 46.9 Å². The number of benzene rings is 3. The normalized spacial score (nSPS) is 12.5. The van der Waals surface area contributed by atoms with Crippen molar-refractivity contribution in [1.82, 2.24) is 0 Å². The summed E-state index contributed by atoms with van der Waals surface area (Å²) in [5.41, 5.74) is 6.12. The van der Waals surface area contributed by atoms with Gasteiger partial charge in [0.15, 0.2) is 5.78 Å². The lowest BCUT2D eigenvalue weighted by Crippen LogP contribution is -2.22. The van der Waals surface area contributed by atoms with E-state index in [-0.39, 0.29) is 5.78 Å². The number of carbonyl (C=O) groups excluding carboxylic acids is 1. The van der Waals surface area contributed by atoms with E-state index in [0.717, 1.165) is 32.2 Å². The van der Waals surface area contributed by atoms with Crippen LogP contribution < -0.4 is 10.9 Å². The zero-order valence-corrected chi connectivity index (χ0v) is 13.4. The molecule has 0 saturated carbocycles. The summed E-state index contributed by atoms with van der Waals surface area (Å²) in [5.74, 6) is 0.152. The largest absolute Gasteiger partial charge is 0.289 e. The third-order valence-corrected chi connectivity index (χ3v) is 4.95. The Hall–Kier alpha value is -1.80. The summed E-state index contributed by atoms with van der Waals surface area (Å²) in [7, 11) is 4.17. The Labute approximate surface area is 133 Å². The first-order valence-corrected chi connectivity index (χ1v) is 7.75. The molecule has 3 aromatic carbocycles. The number of hydrogen-bond donors (Lipinski definition) is 0. The maximum atomic E-state index is 12.8. The minimum Gasteiger partial charge on any atom is -0.289 e. The average Bonchev–Trinajstić information content (AvgIpc) is 2.78. The van der Waals surface area contributed by atoms with Gasteiger partial charge in [-0.15, -0.1) is 0 Å². The highest BCUT2D eigenvalue weighted by molar-refractivity contribution is 9.10. The maximum Gasteiger partial charge on any atom is 0.193 e. The Morgan fingerprint density at radius 2 is 1.43 bits per heavy atom. The number of carbonyl (C=O) groups is 1. The van der Waals surface area contributed by atoms with Gasteiger partial charge in [-0.1, -0.05) is 51.1 Å². The quantitative estimate of drug-likeness (QED) is 0.444. The molecular weight excluding hydrogens is 322 g/mol. The SMILES string of the molecule is Bc1c2c(c(B)c3ccccc13)-c1cc(Br)ccc1C2=O. The van der Waals surface area contributed by atoms with Gasteiger partial charge in [-0.25, -0.2) is 0 Å². The minimum atomic E-state index is 0.152. The Bertz CT molecular complexity index is 947. The lowest BCUT2D eigenvalue weighted by molar-refractivity contribution is 0.104. The third kappa shape index (κ3) is 1.63. The molecule has 1 aliphatic carbocycles. The van der Waals surface area contributed by atoms with E-state index in [2.05, 4.69) is 55.9 Å². The van der Waals surface area contributed by atoms with Crippen molar-refractivity contribution in [3.63, 3.8) is 0 Å². The highest BCUT2D eigenvalue weighted by atomic mass is 79.9. The molecule has 0 amide bonds. The summed E-state index contributed by atoms with van der Waals surface area (Å²) >= 11 is 3.52. The van der Waals surface area contributed by atoms with Gasteiger partial charge >= 0.3 is 0 Å². The monoisotopic (exact) mass is 332 g/mol. The van der Waals surface area contributed by atoms with Gasteiger partial charge in [0, 0.05) is 15.6 Å². The summed E-state index contributed by atoms with van der Waals surface area (Å²) in [6, 6.07) is 14.2. The number of ketones is 1. The summed E-state index contributed by atoms with van der Waals surface area (Å²) in [6.45, 7) is 0. The molecule has 0 radical (unpaired) electrons. The molecule has 0 N–H and O–H groups in total. The number of hydrogen-bond acceptors (Lipinski definition) is 1. The molecule has 0 aliphatic heterocycles. The van der Waals surface area contributed by atoms with Gasteiger partial charge in [-0.3, -0.25) is 4.79 Å². The summed E-state index contributed by atoms with van der Waals surface area (Å²) < 4.78 is 1.01. The van der Waals surface area contributed by atoms with E-state index in [0.29, 0.717) is 0 Å². The fraction of sp³-hybridized carbons (Fsp3) is 0. The lowest BCUT2D eigenvalue weighted by Gasteiger charge is -2.13. The number of fused-ring (bicyclic) bond motifs is 4. The van der Waals surface area contributed by atoms with Crippen molar-refractivity contribution in [3.05, 3.63) is 58.1 Å². The molecule has 98 valence electrons. The molecule has 0 saturated heterocycles. The molecule has 0 fully saturated rings. The molecule has 0 atom stereocenters. The highest BCUT2D eigenvalue weighted by Crippen LogP contribution is 2.37. The molecule has 0 aromatic heterocycles. The second kappa shape index (κ2) is 4.35. The lowest BCUT2D eigenvalue weighted by atomic mass is 9.75. The molecule has 3 aromatic rings. The van der Waals surface area contributed by atoms with Gasteiger partial charge in [-0.2, -0.15) is 0 Å². The van der Waals surface area contributed by atoms with Crippen molar-refractivity contribution in [1.29, 1.82) is 0 Å². The van der Waals surface area contributed by atoms with E-state index >= 15 is 0 Å². The Balaban J connectivity index is 2.23. The Kier molecular flexibility index (Phi) is 2.67. The van der Waals surface area contributed by atoms with Gasteiger partial charge in [-0.05, 0) is 40.1 Å². The van der Waals surface area contributed by atoms with Gasteiger partial charge in [0.1, 0.15) is 15.7 Å². The van der Waals surface area contributed by atoms with Crippen LogP contribution in [0.2, 0.25) is 0 Å². The van der Waals surface area contributed by atoms with Crippen LogP contribution in [0.5, 0.6) is 0 Å². The standard InChI is InChI=1S/C17H11B2BrO/c18-15-9-3-1-2-4-10(9)16(19)14-13(15)12-7-8(20)5-6-11(12)17(14)21/h1-7H,18-19H2. The van der Waals surface area contributed by atoms with Crippen LogP contribution in [0.3, 0.4) is 0 Å². The van der Waals surface area contributed by atoms with Crippen LogP contribution in [-0.4, -0.2) is 21.5 Å². The molecule has 4 rings (SSSR count). The molecular formula is C17H11B2BrO. The van der Waals surface area contributed by atoms with Crippen LogP contribution in [0.1, 0.15) is 15.9 Å². The molecule has 0 bridgehead atoms. The first-order chi connectivity index (χ1) is 10.1. The zero-order valence-electron chi connectivity index (χ0n) is 11.8. The van der Waals surface area contributed by atoms with Crippen LogP contribution in [-0.2, 0) is 0 Å². The molecule has 1 aliphatic rings. The van der Waals surface area contributed by atoms with E-state index in [1.807, 2.05) is 18.2 Å². The average molecular weight is 333 g/mol. The zero-order chi connectivity index (χ0) is 14.7. The summed E-state index contributed by atoms with van der Waals surface area (Å²) in [5, 5.41) is 2.41.